The third-order valence-corrected chi connectivity index (χ3v) is 6.24. The van der Waals surface area contributed by atoms with Crippen LogP contribution < -0.4 is 5.73 Å². The number of fused-ring (bicyclic) bond motifs is 1. The minimum Gasteiger partial charge on any atom is -0.335 e. The summed E-state index contributed by atoms with van der Waals surface area (Å²) >= 11 is 0. The average Bonchev–Trinajstić information content (AvgIpc) is 3.40. The Bertz CT molecular complexity index is 1180. The first-order chi connectivity index (χ1) is 16.8. The molecule has 1 unspecified atom stereocenters. The van der Waals surface area contributed by atoms with Gasteiger partial charge in [-0.25, -0.2) is 22.5 Å². The summed E-state index contributed by atoms with van der Waals surface area (Å²) in [7, 11) is 0. The highest BCUT2D eigenvalue weighted by Crippen LogP contribution is 2.33. The first-order valence-corrected chi connectivity index (χ1v) is 11.1. The van der Waals surface area contributed by atoms with Crippen molar-refractivity contribution in [1.29, 1.82) is 0 Å². The van der Waals surface area contributed by atoms with Gasteiger partial charge in [-0.2, -0.15) is 13.2 Å². The number of carbonyl (C=O) groups is 2. The van der Waals surface area contributed by atoms with E-state index in [2.05, 4.69) is 4.98 Å². The molecule has 14 heteroatoms. The van der Waals surface area contributed by atoms with Gasteiger partial charge in [0.2, 0.25) is 11.7 Å². The highest BCUT2D eigenvalue weighted by molar-refractivity contribution is 5.94. The van der Waals surface area contributed by atoms with Gasteiger partial charge in [0.15, 0.2) is 17.3 Å². The molecule has 0 saturated carbocycles. The summed E-state index contributed by atoms with van der Waals surface area (Å²) in [5.74, 6) is -6.40. The summed E-state index contributed by atoms with van der Waals surface area (Å²) in [4.78, 5) is 31.5. The zero-order valence-corrected chi connectivity index (χ0v) is 18.8. The van der Waals surface area contributed by atoms with Crippen LogP contribution in [0.4, 0.5) is 30.7 Å². The Morgan fingerprint density at radius 3 is 2.39 bits per heavy atom. The summed E-state index contributed by atoms with van der Waals surface area (Å²) in [6.45, 7) is -1.03. The van der Waals surface area contributed by atoms with Gasteiger partial charge in [-0.15, -0.1) is 0 Å². The molecule has 1 fully saturated rings. The van der Waals surface area contributed by atoms with Crippen LogP contribution in [0.1, 0.15) is 40.4 Å². The molecule has 1 aromatic carbocycles. The molecule has 1 aromatic heterocycles. The number of imidazole rings is 1. The molecule has 2 aliphatic heterocycles. The van der Waals surface area contributed by atoms with Gasteiger partial charge in [-0.1, -0.05) is 0 Å². The molecule has 2 N–H and O–H groups in total. The number of amides is 2. The maximum Gasteiger partial charge on any atom is 0.449 e. The van der Waals surface area contributed by atoms with E-state index in [-0.39, 0.29) is 63.2 Å². The summed E-state index contributed by atoms with van der Waals surface area (Å²) in [6, 6.07) is 0.0140. The first-order valence-electron chi connectivity index (χ1n) is 11.1. The molecule has 4 rings (SSSR count). The zero-order chi connectivity index (χ0) is 26.4. The molecule has 0 radical (unpaired) electrons. The molecule has 1 saturated heterocycles. The number of halogens is 7. The molecule has 2 amide bonds. The number of nitrogens with two attached hydrogens (primary N) is 1. The molecule has 0 spiro atoms. The average molecular weight is 521 g/mol. The van der Waals surface area contributed by atoms with Crippen molar-refractivity contribution in [3.8, 4) is 0 Å². The van der Waals surface area contributed by atoms with Crippen LogP contribution in [0, 0.1) is 17.5 Å². The van der Waals surface area contributed by atoms with Crippen LogP contribution in [-0.2, 0) is 30.5 Å². The van der Waals surface area contributed by atoms with E-state index in [9.17, 15) is 40.3 Å². The second kappa shape index (κ2) is 9.71. The molecule has 2 atom stereocenters. The third kappa shape index (κ3) is 5.18. The number of aromatic nitrogens is 2. The fraction of sp³-hybridized carbons (Fsp3) is 0.500. The van der Waals surface area contributed by atoms with Gasteiger partial charge in [0.25, 0.3) is 5.91 Å². The number of likely N-dealkylation sites (tertiary alicyclic amines) is 1. The second-order valence-electron chi connectivity index (χ2n) is 8.86. The van der Waals surface area contributed by atoms with E-state index in [1.807, 2.05) is 0 Å². The Morgan fingerprint density at radius 2 is 1.75 bits per heavy atom. The number of alkyl halides is 4. The monoisotopic (exact) mass is 521 g/mol. The zero-order valence-electron chi connectivity index (χ0n) is 18.8. The highest BCUT2D eigenvalue weighted by Gasteiger charge is 2.43. The van der Waals surface area contributed by atoms with Crippen LogP contribution in [0.15, 0.2) is 12.1 Å². The Kier molecular flexibility index (Phi) is 6.99. The van der Waals surface area contributed by atoms with Gasteiger partial charge in [0.1, 0.15) is 12.0 Å². The predicted molar refractivity (Wildman–Crippen MR) is 111 cm³/mol. The third-order valence-electron chi connectivity index (χ3n) is 6.24. The van der Waals surface area contributed by atoms with E-state index in [4.69, 9.17) is 5.73 Å². The van der Waals surface area contributed by atoms with Gasteiger partial charge in [0.05, 0.1) is 18.8 Å². The molecule has 2 aromatic rings. The topological polar surface area (TPSA) is 84.5 Å². The van der Waals surface area contributed by atoms with Crippen LogP contribution in [0.2, 0.25) is 0 Å². The molecule has 36 heavy (non-hydrogen) atoms. The van der Waals surface area contributed by atoms with Gasteiger partial charge >= 0.3 is 6.18 Å². The van der Waals surface area contributed by atoms with Crippen molar-refractivity contribution in [1.82, 2.24) is 19.4 Å². The number of rotatable bonds is 5. The van der Waals surface area contributed by atoms with E-state index >= 15 is 0 Å². The SMILES string of the molecule is NC(CC(=O)N1CCn2c(C(F)(F)F)nc(C(=O)N3CC[C@@H](F)C3)c2C1)Cc1cc(F)c(F)cc1F. The van der Waals surface area contributed by atoms with E-state index < -0.39 is 59.2 Å². The maximum absolute atomic E-state index is 13.9. The predicted octanol–water partition coefficient (Wildman–Crippen LogP) is 2.81. The van der Waals surface area contributed by atoms with Crippen LogP contribution >= 0.6 is 0 Å². The largest absolute Gasteiger partial charge is 0.449 e. The molecule has 0 aliphatic carbocycles. The molecular formula is C22H22F7N5O2. The molecule has 3 heterocycles. The second-order valence-corrected chi connectivity index (χ2v) is 8.86. The van der Waals surface area contributed by atoms with Crippen molar-refractivity contribution in [3.05, 3.63) is 52.4 Å². The first kappa shape index (κ1) is 25.9. The maximum atomic E-state index is 13.9. The normalized spacial score (nSPS) is 18.9. The van der Waals surface area contributed by atoms with Crippen molar-refractivity contribution in [2.45, 2.75) is 50.7 Å². The standard InChI is InChI=1S/C22H22F7N5O2/c23-12-1-2-33(9-12)20(36)19-17-10-32(3-4-34(17)21(31-19)22(27,28)29)18(35)7-13(30)5-11-6-15(25)16(26)8-14(11)24/h6,8,12-13H,1-5,7,9-10,30H2/t12-,13?/m1/s1. The Labute approximate surface area is 200 Å². The van der Waals surface area contributed by atoms with Crippen molar-refractivity contribution >= 4 is 11.8 Å². The van der Waals surface area contributed by atoms with E-state index in [0.29, 0.717) is 12.1 Å². The van der Waals surface area contributed by atoms with Crippen molar-refractivity contribution in [2.24, 2.45) is 5.73 Å². The lowest BCUT2D eigenvalue weighted by Gasteiger charge is -2.30. The fourth-order valence-corrected chi connectivity index (χ4v) is 4.45. The number of nitrogens with zero attached hydrogens (tertiary/aromatic N) is 4. The lowest BCUT2D eigenvalue weighted by molar-refractivity contribution is -0.148. The fourth-order valence-electron chi connectivity index (χ4n) is 4.45. The van der Waals surface area contributed by atoms with Gasteiger partial charge in [-0.3, -0.25) is 9.59 Å². The number of hydrogen-bond donors (Lipinski definition) is 1. The summed E-state index contributed by atoms with van der Waals surface area (Å²) in [5.41, 5.74) is 5.05. The minimum absolute atomic E-state index is 0.0334. The quantitative estimate of drug-likeness (QED) is 0.485. The molecule has 196 valence electrons. The van der Waals surface area contributed by atoms with Crippen LogP contribution in [0.25, 0.3) is 0 Å². The minimum atomic E-state index is -4.86. The van der Waals surface area contributed by atoms with E-state index in [1.54, 1.807) is 0 Å². The van der Waals surface area contributed by atoms with Gasteiger partial charge in [-0.05, 0) is 24.5 Å². The lowest BCUT2D eigenvalue weighted by Crippen LogP contribution is -2.42. The van der Waals surface area contributed by atoms with Gasteiger partial charge in [0, 0.05) is 38.2 Å². The summed E-state index contributed by atoms with van der Waals surface area (Å²) < 4.78 is 95.6. The van der Waals surface area contributed by atoms with E-state index in [1.165, 1.54) is 4.90 Å². The molecule has 0 bridgehead atoms. The smallest absolute Gasteiger partial charge is 0.335 e. The Morgan fingerprint density at radius 1 is 1.06 bits per heavy atom. The van der Waals surface area contributed by atoms with Crippen molar-refractivity contribution in [3.63, 3.8) is 0 Å². The van der Waals surface area contributed by atoms with Gasteiger partial charge < -0.3 is 20.1 Å². The highest BCUT2D eigenvalue weighted by atomic mass is 19.4. The van der Waals surface area contributed by atoms with Crippen LogP contribution in [0.5, 0.6) is 0 Å². The summed E-state index contributed by atoms with van der Waals surface area (Å²) in [5, 5.41) is 0. The number of benzene rings is 1. The molecule has 7 nitrogen and oxygen atoms in total. The summed E-state index contributed by atoms with van der Waals surface area (Å²) in [6.07, 6.45) is -6.73. The molecular weight excluding hydrogens is 499 g/mol. The Balaban J connectivity index is 1.51. The van der Waals surface area contributed by atoms with Crippen LogP contribution in [-0.4, -0.2) is 63.0 Å². The van der Waals surface area contributed by atoms with Crippen molar-refractivity contribution < 1.29 is 40.3 Å². The molecule has 2 aliphatic rings. The number of hydrogen-bond acceptors (Lipinski definition) is 4. The van der Waals surface area contributed by atoms with Crippen molar-refractivity contribution in [2.75, 3.05) is 19.6 Å². The lowest BCUT2D eigenvalue weighted by atomic mass is 10.0. The van der Waals surface area contributed by atoms with E-state index in [0.717, 1.165) is 9.47 Å². The van der Waals surface area contributed by atoms with Crippen LogP contribution in [0.3, 0.4) is 0 Å². The Hall–Kier alpha value is -3.16. The number of carbonyl (C=O) groups excluding carboxylic acids is 2.